The van der Waals surface area contributed by atoms with Crippen molar-refractivity contribution in [3.05, 3.63) is 107 Å². The maximum atomic E-state index is 13.4. The standard InChI is InChI=1S/C22H23ClNO3P/c1-26-28(25,27-2)22(19-13-15-20(23)16-14-19)24-21(17-9-5-3-6-10-17)18-11-7-4-8-12-18/h3-16,21-22,24H,1-2H3. The van der Waals surface area contributed by atoms with Crippen molar-refractivity contribution in [1.82, 2.24) is 5.32 Å². The lowest BCUT2D eigenvalue weighted by Gasteiger charge is -2.30. The second-order valence-corrected chi connectivity index (χ2v) is 9.04. The van der Waals surface area contributed by atoms with E-state index in [1.807, 2.05) is 72.8 Å². The van der Waals surface area contributed by atoms with E-state index in [4.69, 9.17) is 20.6 Å². The molecule has 0 amide bonds. The number of hydrogen-bond donors (Lipinski definition) is 1. The summed E-state index contributed by atoms with van der Waals surface area (Å²) in [6, 6.07) is 27.0. The van der Waals surface area contributed by atoms with Gasteiger partial charge in [-0.1, -0.05) is 84.4 Å². The van der Waals surface area contributed by atoms with Crippen molar-refractivity contribution in [2.24, 2.45) is 0 Å². The highest BCUT2D eigenvalue weighted by atomic mass is 35.5. The zero-order valence-electron chi connectivity index (χ0n) is 15.8. The summed E-state index contributed by atoms with van der Waals surface area (Å²) in [7, 11) is -0.682. The lowest BCUT2D eigenvalue weighted by molar-refractivity contribution is 0.257. The first kappa shape index (κ1) is 20.8. The van der Waals surface area contributed by atoms with Gasteiger partial charge < -0.3 is 9.05 Å². The third kappa shape index (κ3) is 4.72. The molecule has 0 spiro atoms. The Morgan fingerprint density at radius 1 is 0.750 bits per heavy atom. The van der Waals surface area contributed by atoms with Gasteiger partial charge in [0.2, 0.25) is 0 Å². The lowest BCUT2D eigenvalue weighted by atomic mass is 9.98. The Morgan fingerprint density at radius 3 is 1.64 bits per heavy atom. The van der Waals surface area contributed by atoms with Gasteiger partial charge in [-0.2, -0.15) is 0 Å². The molecule has 0 radical (unpaired) electrons. The summed E-state index contributed by atoms with van der Waals surface area (Å²) in [6.45, 7) is 0. The van der Waals surface area contributed by atoms with Crippen LogP contribution in [0.4, 0.5) is 0 Å². The summed E-state index contributed by atoms with van der Waals surface area (Å²) in [6.07, 6.45) is 0. The normalized spacial score (nSPS) is 12.9. The predicted octanol–water partition coefficient (Wildman–Crippen LogP) is 6.20. The van der Waals surface area contributed by atoms with Gasteiger partial charge in [0.05, 0.1) is 6.04 Å². The number of benzene rings is 3. The summed E-state index contributed by atoms with van der Waals surface area (Å²) in [5.74, 6) is -0.676. The molecule has 0 aromatic heterocycles. The second-order valence-electron chi connectivity index (χ2n) is 6.28. The highest BCUT2D eigenvalue weighted by Gasteiger charge is 2.37. The summed E-state index contributed by atoms with van der Waals surface area (Å²) in [5.41, 5.74) is 2.87. The monoisotopic (exact) mass is 415 g/mol. The van der Waals surface area contributed by atoms with Gasteiger partial charge in [-0.3, -0.25) is 9.88 Å². The van der Waals surface area contributed by atoms with Gasteiger partial charge in [-0.25, -0.2) is 0 Å². The van der Waals surface area contributed by atoms with Crippen LogP contribution >= 0.6 is 19.2 Å². The molecule has 0 aliphatic heterocycles. The minimum absolute atomic E-state index is 0.207. The molecule has 1 N–H and O–H groups in total. The van der Waals surface area contributed by atoms with E-state index >= 15 is 0 Å². The molecule has 0 saturated carbocycles. The summed E-state index contributed by atoms with van der Waals surface area (Å²) >= 11 is 6.04. The molecule has 3 rings (SSSR count). The Hall–Kier alpha value is -1.94. The van der Waals surface area contributed by atoms with Crippen LogP contribution in [0.15, 0.2) is 84.9 Å². The molecule has 28 heavy (non-hydrogen) atoms. The molecule has 0 saturated heterocycles. The van der Waals surface area contributed by atoms with Crippen LogP contribution in [0.5, 0.6) is 0 Å². The fraction of sp³-hybridized carbons (Fsp3) is 0.182. The maximum Gasteiger partial charge on any atom is 0.351 e. The Morgan fingerprint density at radius 2 is 1.21 bits per heavy atom. The van der Waals surface area contributed by atoms with Crippen LogP contribution in [0.1, 0.15) is 28.5 Å². The van der Waals surface area contributed by atoms with Crippen molar-refractivity contribution in [2.45, 2.75) is 11.8 Å². The van der Waals surface area contributed by atoms with E-state index in [9.17, 15) is 4.57 Å². The molecule has 3 aromatic carbocycles. The zero-order chi connectivity index (χ0) is 20.0. The van der Waals surface area contributed by atoms with Gasteiger partial charge in [0, 0.05) is 19.2 Å². The van der Waals surface area contributed by atoms with Crippen molar-refractivity contribution in [3.8, 4) is 0 Å². The number of hydrogen-bond acceptors (Lipinski definition) is 4. The Labute approximate surface area is 171 Å². The molecule has 0 aliphatic rings. The average molecular weight is 416 g/mol. The fourth-order valence-corrected chi connectivity index (χ4v) is 4.70. The van der Waals surface area contributed by atoms with E-state index in [-0.39, 0.29) is 6.04 Å². The largest absolute Gasteiger partial charge is 0.351 e. The van der Waals surface area contributed by atoms with Gasteiger partial charge in [-0.05, 0) is 28.8 Å². The molecule has 6 heteroatoms. The van der Waals surface area contributed by atoms with Gasteiger partial charge in [-0.15, -0.1) is 0 Å². The van der Waals surface area contributed by atoms with E-state index in [1.165, 1.54) is 14.2 Å². The van der Waals surface area contributed by atoms with Gasteiger partial charge in [0.1, 0.15) is 5.78 Å². The van der Waals surface area contributed by atoms with E-state index in [2.05, 4.69) is 5.32 Å². The molecule has 1 unspecified atom stereocenters. The van der Waals surface area contributed by atoms with Crippen molar-refractivity contribution in [3.63, 3.8) is 0 Å². The van der Waals surface area contributed by atoms with Gasteiger partial charge in [0.15, 0.2) is 0 Å². The van der Waals surface area contributed by atoms with Crippen molar-refractivity contribution >= 4 is 19.2 Å². The van der Waals surface area contributed by atoms with E-state index < -0.39 is 13.4 Å². The molecular formula is C22H23ClNO3P. The first-order valence-corrected chi connectivity index (χ1v) is 10.9. The molecular weight excluding hydrogens is 393 g/mol. The van der Waals surface area contributed by atoms with Crippen LogP contribution in [-0.2, 0) is 13.6 Å². The SMILES string of the molecule is COP(=O)(OC)C(NC(c1ccccc1)c1ccccc1)c1ccc(Cl)cc1. The Balaban J connectivity index is 2.07. The van der Waals surface area contributed by atoms with Crippen LogP contribution in [0, 0.1) is 0 Å². The van der Waals surface area contributed by atoms with Crippen molar-refractivity contribution in [2.75, 3.05) is 14.2 Å². The third-order valence-electron chi connectivity index (χ3n) is 4.60. The Kier molecular flexibility index (Phi) is 7.06. The van der Waals surface area contributed by atoms with Gasteiger partial charge in [0.25, 0.3) is 0 Å². The van der Waals surface area contributed by atoms with Crippen LogP contribution in [0.3, 0.4) is 0 Å². The molecule has 4 nitrogen and oxygen atoms in total. The molecule has 0 aliphatic carbocycles. The van der Waals surface area contributed by atoms with Crippen LogP contribution in [-0.4, -0.2) is 14.2 Å². The average Bonchev–Trinajstić information content (AvgIpc) is 2.76. The van der Waals surface area contributed by atoms with Crippen LogP contribution < -0.4 is 5.32 Å². The molecule has 0 fully saturated rings. The maximum absolute atomic E-state index is 13.4. The summed E-state index contributed by atoms with van der Waals surface area (Å²) < 4.78 is 24.1. The molecule has 1 atom stereocenters. The van der Waals surface area contributed by atoms with E-state index in [1.54, 1.807) is 12.1 Å². The minimum Gasteiger partial charge on any atom is -0.311 e. The summed E-state index contributed by atoms with van der Waals surface area (Å²) in [4.78, 5) is 0. The topological polar surface area (TPSA) is 47.6 Å². The van der Waals surface area contributed by atoms with E-state index in [0.29, 0.717) is 5.02 Å². The zero-order valence-corrected chi connectivity index (χ0v) is 17.4. The van der Waals surface area contributed by atoms with Crippen molar-refractivity contribution in [1.29, 1.82) is 0 Å². The van der Waals surface area contributed by atoms with Crippen LogP contribution in [0.25, 0.3) is 0 Å². The summed E-state index contributed by atoms with van der Waals surface area (Å²) in [5, 5.41) is 4.12. The molecule has 146 valence electrons. The third-order valence-corrected chi connectivity index (χ3v) is 6.95. The molecule has 3 aromatic rings. The number of nitrogens with one attached hydrogen (secondary N) is 1. The number of rotatable bonds is 8. The smallest absolute Gasteiger partial charge is 0.311 e. The number of halogens is 1. The molecule has 0 heterocycles. The first-order chi connectivity index (χ1) is 13.6. The lowest BCUT2D eigenvalue weighted by Crippen LogP contribution is -2.28. The quantitative estimate of drug-likeness (QED) is 0.445. The first-order valence-electron chi connectivity index (χ1n) is 8.90. The van der Waals surface area contributed by atoms with E-state index in [0.717, 1.165) is 16.7 Å². The second kappa shape index (κ2) is 9.51. The fourth-order valence-electron chi connectivity index (χ4n) is 3.13. The highest BCUT2D eigenvalue weighted by molar-refractivity contribution is 7.54. The predicted molar refractivity (Wildman–Crippen MR) is 114 cm³/mol. The highest BCUT2D eigenvalue weighted by Crippen LogP contribution is 2.59. The Bertz CT molecular complexity index is 872. The van der Waals surface area contributed by atoms with Crippen molar-refractivity contribution < 1.29 is 13.6 Å². The van der Waals surface area contributed by atoms with Gasteiger partial charge >= 0.3 is 7.60 Å². The van der Waals surface area contributed by atoms with Crippen LogP contribution in [0.2, 0.25) is 5.02 Å². The molecule has 0 bridgehead atoms. The minimum atomic E-state index is -3.48.